The zero-order valence-corrected chi connectivity index (χ0v) is 15.3. The Hall–Kier alpha value is -2.19. The molecule has 0 spiro atoms. The summed E-state index contributed by atoms with van der Waals surface area (Å²) in [4.78, 5) is 14.1. The Bertz CT molecular complexity index is 789. The molecule has 0 atom stereocenters. The Kier molecular flexibility index (Phi) is 4.78. The van der Waals surface area contributed by atoms with Crippen molar-refractivity contribution in [3.8, 4) is 0 Å². The number of fused-ring (bicyclic) bond motifs is 1. The van der Waals surface area contributed by atoms with Crippen LogP contribution < -0.4 is 5.32 Å². The maximum atomic E-state index is 11.7. The highest BCUT2D eigenvalue weighted by molar-refractivity contribution is 5.90. The second kappa shape index (κ2) is 7.20. The van der Waals surface area contributed by atoms with Crippen LogP contribution in [0.2, 0.25) is 0 Å². The molecule has 2 aliphatic heterocycles. The maximum Gasteiger partial charge on any atom is 0.341 e. The summed E-state index contributed by atoms with van der Waals surface area (Å²) < 4.78 is 12.8. The van der Waals surface area contributed by atoms with Crippen LogP contribution in [0.3, 0.4) is 0 Å². The van der Waals surface area contributed by atoms with Crippen LogP contribution in [0, 0.1) is 6.92 Å². The summed E-state index contributed by atoms with van der Waals surface area (Å²) in [7, 11) is 1.39. The molecule has 2 aliphatic rings. The van der Waals surface area contributed by atoms with Gasteiger partial charge in [0.05, 0.1) is 20.2 Å². The minimum absolute atomic E-state index is 0.345. The van der Waals surface area contributed by atoms with Gasteiger partial charge in [0.25, 0.3) is 0 Å². The van der Waals surface area contributed by atoms with Crippen LogP contribution in [-0.4, -0.2) is 52.4 Å². The van der Waals surface area contributed by atoms with E-state index in [9.17, 15) is 4.79 Å². The number of carbonyl (C=O) groups excluding carboxylic acids is 1. The van der Waals surface area contributed by atoms with Crippen LogP contribution in [0.25, 0.3) is 0 Å². The highest BCUT2D eigenvalue weighted by atomic mass is 16.5. The van der Waals surface area contributed by atoms with Gasteiger partial charge in [-0.2, -0.15) is 0 Å². The van der Waals surface area contributed by atoms with E-state index in [0.29, 0.717) is 23.8 Å². The third kappa shape index (κ3) is 3.26. The number of hydrogen-bond acceptors (Lipinski definition) is 7. The molecule has 4 heterocycles. The minimum Gasteiger partial charge on any atom is -0.465 e. The van der Waals surface area contributed by atoms with Gasteiger partial charge in [0, 0.05) is 19.0 Å². The molecule has 0 aliphatic carbocycles. The van der Waals surface area contributed by atoms with E-state index in [4.69, 9.17) is 9.15 Å². The van der Waals surface area contributed by atoms with Crippen LogP contribution in [0.15, 0.2) is 10.5 Å². The van der Waals surface area contributed by atoms with Crippen molar-refractivity contribution in [1.82, 2.24) is 25.0 Å². The van der Waals surface area contributed by atoms with Gasteiger partial charge in [-0.1, -0.05) is 0 Å². The molecule has 8 nitrogen and oxygen atoms in total. The summed E-state index contributed by atoms with van der Waals surface area (Å²) >= 11 is 0. The van der Waals surface area contributed by atoms with E-state index in [1.807, 2.05) is 0 Å². The SMILES string of the molecule is COC(=O)c1cc(CN2CCC(c3nnc4n3CCNC4)CC2)oc1C. The van der Waals surface area contributed by atoms with Gasteiger partial charge in [0.2, 0.25) is 0 Å². The number of nitrogens with zero attached hydrogens (tertiary/aromatic N) is 4. The standard InChI is InChI=1S/C18H25N5O3/c1-12-15(18(24)25-2)9-14(26-12)11-22-6-3-13(4-7-22)17-21-20-16-10-19-5-8-23(16)17/h9,13,19H,3-8,10-11H2,1-2H3. The first-order valence-corrected chi connectivity index (χ1v) is 9.18. The molecular formula is C18H25N5O3. The molecule has 4 rings (SSSR count). The normalized spacial score (nSPS) is 18.7. The molecule has 1 fully saturated rings. The second-order valence-corrected chi connectivity index (χ2v) is 7.03. The highest BCUT2D eigenvalue weighted by Gasteiger charge is 2.27. The highest BCUT2D eigenvalue weighted by Crippen LogP contribution is 2.29. The molecule has 2 aromatic heterocycles. The Labute approximate surface area is 152 Å². The topological polar surface area (TPSA) is 85.4 Å². The number of hydrogen-bond donors (Lipinski definition) is 1. The molecule has 2 aromatic rings. The van der Waals surface area contributed by atoms with E-state index < -0.39 is 0 Å². The zero-order valence-electron chi connectivity index (χ0n) is 15.3. The number of nitrogens with one attached hydrogen (secondary N) is 1. The molecule has 0 unspecified atom stereocenters. The van der Waals surface area contributed by atoms with Crippen molar-refractivity contribution in [1.29, 1.82) is 0 Å². The molecule has 0 radical (unpaired) electrons. The van der Waals surface area contributed by atoms with Gasteiger partial charge in [0.1, 0.15) is 28.7 Å². The Morgan fingerprint density at radius 2 is 2.15 bits per heavy atom. The monoisotopic (exact) mass is 359 g/mol. The lowest BCUT2D eigenvalue weighted by Crippen LogP contribution is -2.34. The number of likely N-dealkylation sites (tertiary alicyclic amines) is 1. The van der Waals surface area contributed by atoms with Crippen molar-refractivity contribution in [2.75, 3.05) is 26.7 Å². The van der Waals surface area contributed by atoms with Crippen molar-refractivity contribution in [2.24, 2.45) is 0 Å². The maximum absolute atomic E-state index is 11.7. The van der Waals surface area contributed by atoms with E-state index in [0.717, 1.165) is 63.0 Å². The smallest absolute Gasteiger partial charge is 0.341 e. The molecule has 1 saturated heterocycles. The number of aryl methyl sites for hydroxylation is 1. The lowest BCUT2D eigenvalue weighted by molar-refractivity contribution is 0.0599. The summed E-state index contributed by atoms with van der Waals surface area (Å²) in [6, 6.07) is 1.80. The van der Waals surface area contributed by atoms with Crippen LogP contribution in [0.1, 0.15) is 52.3 Å². The fraction of sp³-hybridized carbons (Fsp3) is 0.611. The summed E-state index contributed by atoms with van der Waals surface area (Å²) in [5.41, 5.74) is 0.515. The Morgan fingerprint density at radius 1 is 1.35 bits per heavy atom. The van der Waals surface area contributed by atoms with Gasteiger partial charge < -0.3 is 19.0 Å². The first-order chi connectivity index (χ1) is 12.7. The van der Waals surface area contributed by atoms with Crippen molar-refractivity contribution in [2.45, 2.75) is 45.3 Å². The van der Waals surface area contributed by atoms with Gasteiger partial charge in [-0.3, -0.25) is 4.90 Å². The molecule has 0 bridgehead atoms. The van der Waals surface area contributed by atoms with Crippen LogP contribution in [0.4, 0.5) is 0 Å². The van der Waals surface area contributed by atoms with Gasteiger partial charge >= 0.3 is 5.97 Å². The molecule has 8 heteroatoms. The molecule has 1 N–H and O–H groups in total. The Balaban J connectivity index is 1.37. The largest absolute Gasteiger partial charge is 0.465 e. The number of aromatic nitrogens is 3. The van der Waals surface area contributed by atoms with E-state index in [1.165, 1.54) is 7.11 Å². The van der Waals surface area contributed by atoms with E-state index >= 15 is 0 Å². The lowest BCUT2D eigenvalue weighted by Gasteiger charge is -2.31. The van der Waals surface area contributed by atoms with Crippen molar-refractivity contribution >= 4 is 5.97 Å². The van der Waals surface area contributed by atoms with Crippen molar-refractivity contribution in [3.05, 3.63) is 34.8 Å². The fourth-order valence-corrected chi connectivity index (χ4v) is 3.92. The Morgan fingerprint density at radius 3 is 2.92 bits per heavy atom. The molecule has 140 valence electrons. The summed E-state index contributed by atoms with van der Waals surface area (Å²) in [6.45, 7) is 7.23. The number of esters is 1. The molecular weight excluding hydrogens is 334 g/mol. The third-order valence-corrected chi connectivity index (χ3v) is 5.36. The third-order valence-electron chi connectivity index (χ3n) is 5.36. The first kappa shape index (κ1) is 17.2. The lowest BCUT2D eigenvalue weighted by atomic mass is 9.95. The van der Waals surface area contributed by atoms with E-state index in [1.54, 1.807) is 13.0 Å². The molecule has 0 amide bonds. The van der Waals surface area contributed by atoms with Crippen LogP contribution in [0.5, 0.6) is 0 Å². The number of ether oxygens (including phenoxy) is 1. The number of furan rings is 1. The fourth-order valence-electron chi connectivity index (χ4n) is 3.92. The van der Waals surface area contributed by atoms with E-state index in [-0.39, 0.29) is 5.97 Å². The van der Waals surface area contributed by atoms with Crippen molar-refractivity contribution in [3.63, 3.8) is 0 Å². The van der Waals surface area contributed by atoms with Crippen LogP contribution >= 0.6 is 0 Å². The van der Waals surface area contributed by atoms with Gasteiger partial charge in [-0.15, -0.1) is 10.2 Å². The summed E-state index contributed by atoms with van der Waals surface area (Å²) in [5, 5.41) is 12.1. The quantitative estimate of drug-likeness (QED) is 0.827. The average Bonchev–Trinajstić information content (AvgIpc) is 3.25. The summed E-state index contributed by atoms with van der Waals surface area (Å²) in [6.07, 6.45) is 2.13. The van der Waals surface area contributed by atoms with Gasteiger partial charge in [-0.05, 0) is 38.9 Å². The molecule has 0 aromatic carbocycles. The number of carbonyl (C=O) groups is 1. The van der Waals surface area contributed by atoms with Gasteiger partial charge in [-0.25, -0.2) is 4.79 Å². The zero-order chi connectivity index (χ0) is 18.1. The predicted octanol–water partition coefficient (Wildman–Crippen LogP) is 1.45. The molecule has 0 saturated carbocycles. The molecule has 26 heavy (non-hydrogen) atoms. The average molecular weight is 359 g/mol. The van der Waals surface area contributed by atoms with Crippen LogP contribution in [-0.2, 0) is 24.4 Å². The number of piperidine rings is 1. The minimum atomic E-state index is -0.345. The van der Waals surface area contributed by atoms with E-state index in [2.05, 4.69) is 25.0 Å². The predicted molar refractivity (Wildman–Crippen MR) is 93.8 cm³/mol. The van der Waals surface area contributed by atoms with Crippen molar-refractivity contribution < 1.29 is 13.9 Å². The number of methoxy groups -OCH3 is 1. The summed E-state index contributed by atoms with van der Waals surface area (Å²) in [5.74, 6) is 3.74. The second-order valence-electron chi connectivity index (χ2n) is 7.03. The van der Waals surface area contributed by atoms with Gasteiger partial charge in [0.15, 0.2) is 0 Å². The first-order valence-electron chi connectivity index (χ1n) is 9.18. The number of rotatable bonds is 4.